The van der Waals surface area contributed by atoms with Crippen LogP contribution in [0, 0.1) is 0 Å². The predicted molar refractivity (Wildman–Crippen MR) is 117 cm³/mol. The van der Waals surface area contributed by atoms with Crippen LogP contribution < -0.4 is 4.90 Å². The van der Waals surface area contributed by atoms with Gasteiger partial charge in [0.25, 0.3) is 5.91 Å². The lowest BCUT2D eigenvalue weighted by Crippen LogP contribution is -2.62. The van der Waals surface area contributed by atoms with Gasteiger partial charge in [-0.1, -0.05) is 12.1 Å². The van der Waals surface area contributed by atoms with Crippen LogP contribution in [0.25, 0.3) is 0 Å². The van der Waals surface area contributed by atoms with E-state index in [1.807, 2.05) is 13.0 Å². The van der Waals surface area contributed by atoms with Gasteiger partial charge in [-0.25, -0.2) is 4.79 Å². The molecule has 0 saturated carbocycles. The first-order valence-electron chi connectivity index (χ1n) is 10.7. The smallest absolute Gasteiger partial charge is 0.329 e. The number of nitrogens with zero attached hydrogens (tertiary/aromatic N) is 3. The molecule has 166 valence electrons. The van der Waals surface area contributed by atoms with Crippen molar-refractivity contribution in [2.24, 2.45) is 0 Å². The highest BCUT2D eigenvalue weighted by atomic mass is 32.2. The third kappa shape index (κ3) is 3.69. The third-order valence-corrected chi connectivity index (χ3v) is 7.33. The first kappa shape index (κ1) is 21.7. The molecule has 0 aliphatic carbocycles. The Balaban J connectivity index is 1.54. The Kier molecular flexibility index (Phi) is 5.96. The standard InChI is InChI=1S/C22H27N3O5S/c1-3-30-21(29)17-14-31-13-12-23(17)18(26)9-11-24-20(28)15-6-4-5-7-16(15)25-19(27)8-10-22(24,25)2/h4-7,17H,3,8-14H2,1-2H3/t17-,22-/m1/s1. The molecule has 0 N–H and O–H groups in total. The number of para-hydroxylation sites is 1. The van der Waals surface area contributed by atoms with Crippen LogP contribution in [0.4, 0.5) is 5.69 Å². The summed E-state index contributed by atoms with van der Waals surface area (Å²) in [7, 11) is 0. The maximum atomic E-state index is 13.3. The highest BCUT2D eigenvalue weighted by Crippen LogP contribution is 2.44. The fraction of sp³-hybridized carbons (Fsp3) is 0.545. The normalized spacial score (nSPS) is 25.4. The summed E-state index contributed by atoms with van der Waals surface area (Å²) >= 11 is 1.63. The summed E-state index contributed by atoms with van der Waals surface area (Å²) in [6.45, 7) is 4.56. The summed E-state index contributed by atoms with van der Waals surface area (Å²) in [5.74, 6) is 0.523. The number of fused-ring (bicyclic) bond motifs is 3. The van der Waals surface area contributed by atoms with Gasteiger partial charge in [0.1, 0.15) is 11.7 Å². The van der Waals surface area contributed by atoms with E-state index in [2.05, 4.69) is 0 Å². The number of hydrogen-bond donors (Lipinski definition) is 0. The van der Waals surface area contributed by atoms with E-state index < -0.39 is 11.7 Å². The van der Waals surface area contributed by atoms with Crippen molar-refractivity contribution in [3.05, 3.63) is 29.8 Å². The average Bonchev–Trinajstić information content (AvgIpc) is 3.08. The molecule has 0 radical (unpaired) electrons. The summed E-state index contributed by atoms with van der Waals surface area (Å²) in [6, 6.07) is 6.52. The Morgan fingerprint density at radius 3 is 2.81 bits per heavy atom. The number of carbonyl (C=O) groups excluding carboxylic acids is 4. The zero-order valence-electron chi connectivity index (χ0n) is 17.8. The van der Waals surface area contributed by atoms with Crippen LogP contribution >= 0.6 is 11.8 Å². The molecule has 3 aliphatic heterocycles. The van der Waals surface area contributed by atoms with Crippen molar-refractivity contribution < 1.29 is 23.9 Å². The van der Waals surface area contributed by atoms with E-state index in [0.717, 1.165) is 5.75 Å². The second-order valence-electron chi connectivity index (χ2n) is 8.10. The molecule has 31 heavy (non-hydrogen) atoms. The summed E-state index contributed by atoms with van der Waals surface area (Å²) in [5, 5.41) is 0. The SMILES string of the molecule is CCOC(=O)[C@H]1CSCCN1C(=O)CCN1C(=O)c2ccccc2N2C(=O)CC[C@]12C. The Hall–Kier alpha value is -2.55. The van der Waals surface area contributed by atoms with E-state index in [9.17, 15) is 19.2 Å². The quantitative estimate of drug-likeness (QED) is 0.644. The predicted octanol–water partition coefficient (Wildman–Crippen LogP) is 1.88. The van der Waals surface area contributed by atoms with Crippen molar-refractivity contribution in [3.63, 3.8) is 0 Å². The number of thioether (sulfide) groups is 1. The number of hydrogen-bond acceptors (Lipinski definition) is 6. The number of rotatable bonds is 5. The first-order chi connectivity index (χ1) is 14.9. The van der Waals surface area contributed by atoms with Crippen LogP contribution in [-0.2, 0) is 19.1 Å². The van der Waals surface area contributed by atoms with Crippen LogP contribution in [-0.4, -0.2) is 76.4 Å². The number of benzene rings is 1. The molecule has 2 saturated heterocycles. The molecule has 2 fully saturated rings. The second-order valence-corrected chi connectivity index (χ2v) is 9.25. The molecule has 3 heterocycles. The van der Waals surface area contributed by atoms with Gasteiger partial charge in [-0.3, -0.25) is 19.3 Å². The maximum absolute atomic E-state index is 13.3. The zero-order valence-corrected chi connectivity index (χ0v) is 18.7. The van der Waals surface area contributed by atoms with Crippen molar-refractivity contribution in [1.82, 2.24) is 9.80 Å². The lowest BCUT2D eigenvalue weighted by atomic mass is 9.98. The minimum Gasteiger partial charge on any atom is -0.464 e. The largest absolute Gasteiger partial charge is 0.464 e. The van der Waals surface area contributed by atoms with Crippen molar-refractivity contribution in [1.29, 1.82) is 0 Å². The molecule has 1 aromatic rings. The molecule has 0 spiro atoms. The topological polar surface area (TPSA) is 87.2 Å². The molecule has 3 aliphatic rings. The Morgan fingerprint density at radius 2 is 2.03 bits per heavy atom. The van der Waals surface area contributed by atoms with Gasteiger partial charge in [0.15, 0.2) is 0 Å². The van der Waals surface area contributed by atoms with Gasteiger partial charge in [-0.05, 0) is 32.4 Å². The van der Waals surface area contributed by atoms with Gasteiger partial charge in [0.05, 0.1) is 17.9 Å². The number of esters is 1. The van der Waals surface area contributed by atoms with Gasteiger partial charge in [-0.2, -0.15) is 11.8 Å². The lowest BCUT2D eigenvalue weighted by Gasteiger charge is -2.48. The molecule has 3 amide bonds. The van der Waals surface area contributed by atoms with Crippen LogP contribution in [0.2, 0.25) is 0 Å². The molecule has 4 rings (SSSR count). The first-order valence-corrected chi connectivity index (χ1v) is 11.8. The molecule has 8 nitrogen and oxygen atoms in total. The minimum atomic E-state index is -0.791. The van der Waals surface area contributed by atoms with Crippen LogP contribution in [0.15, 0.2) is 24.3 Å². The fourth-order valence-corrected chi connectivity index (χ4v) is 5.76. The van der Waals surface area contributed by atoms with Crippen molar-refractivity contribution in [3.8, 4) is 0 Å². The van der Waals surface area contributed by atoms with Gasteiger partial charge in [-0.15, -0.1) is 0 Å². The van der Waals surface area contributed by atoms with Crippen molar-refractivity contribution in [2.45, 2.75) is 44.8 Å². The Morgan fingerprint density at radius 1 is 1.26 bits per heavy atom. The molecule has 1 aromatic carbocycles. The summed E-state index contributed by atoms with van der Waals surface area (Å²) < 4.78 is 5.14. The van der Waals surface area contributed by atoms with E-state index in [0.29, 0.717) is 36.4 Å². The van der Waals surface area contributed by atoms with E-state index in [1.54, 1.807) is 51.6 Å². The molecular formula is C22H27N3O5S. The van der Waals surface area contributed by atoms with Crippen molar-refractivity contribution in [2.75, 3.05) is 36.1 Å². The average molecular weight is 446 g/mol. The van der Waals surface area contributed by atoms with Gasteiger partial charge >= 0.3 is 5.97 Å². The monoisotopic (exact) mass is 445 g/mol. The third-order valence-electron chi connectivity index (χ3n) is 6.30. The fourth-order valence-electron chi connectivity index (χ4n) is 4.73. The second kappa shape index (κ2) is 8.53. The Bertz CT molecular complexity index is 922. The molecule has 0 bridgehead atoms. The van der Waals surface area contributed by atoms with Gasteiger partial charge in [0.2, 0.25) is 11.8 Å². The summed E-state index contributed by atoms with van der Waals surface area (Å²) in [5.41, 5.74) is 0.318. The molecule has 2 atom stereocenters. The van der Waals surface area contributed by atoms with Crippen LogP contribution in [0.3, 0.4) is 0 Å². The number of ether oxygens (including phenoxy) is 1. The maximum Gasteiger partial charge on any atom is 0.329 e. The van der Waals surface area contributed by atoms with E-state index in [4.69, 9.17) is 4.74 Å². The number of anilines is 1. The number of carbonyl (C=O) groups is 4. The highest BCUT2D eigenvalue weighted by molar-refractivity contribution is 7.99. The molecule has 0 unspecified atom stereocenters. The lowest BCUT2D eigenvalue weighted by molar-refractivity contribution is -0.154. The van der Waals surface area contributed by atoms with E-state index >= 15 is 0 Å². The molecular weight excluding hydrogens is 418 g/mol. The summed E-state index contributed by atoms with van der Waals surface area (Å²) in [4.78, 5) is 56.3. The van der Waals surface area contributed by atoms with E-state index in [-0.39, 0.29) is 43.3 Å². The van der Waals surface area contributed by atoms with Gasteiger partial charge in [0, 0.05) is 37.4 Å². The minimum absolute atomic E-state index is 0.0193. The molecule has 9 heteroatoms. The molecule has 0 aromatic heterocycles. The van der Waals surface area contributed by atoms with Crippen LogP contribution in [0.5, 0.6) is 0 Å². The van der Waals surface area contributed by atoms with Crippen LogP contribution in [0.1, 0.15) is 43.5 Å². The number of amides is 3. The van der Waals surface area contributed by atoms with Gasteiger partial charge < -0.3 is 14.5 Å². The summed E-state index contributed by atoms with van der Waals surface area (Å²) in [6.07, 6.45) is 0.967. The Labute approximate surface area is 185 Å². The van der Waals surface area contributed by atoms with Crippen molar-refractivity contribution >= 4 is 41.1 Å². The zero-order chi connectivity index (χ0) is 22.2. The highest BCUT2D eigenvalue weighted by Gasteiger charge is 2.53. The van der Waals surface area contributed by atoms with E-state index in [1.165, 1.54) is 0 Å².